The summed E-state index contributed by atoms with van der Waals surface area (Å²) in [4.78, 5) is 30.8. The number of nitrogens with two attached hydrogens (primary N) is 2. The monoisotopic (exact) mass is 604 g/mol. The smallest absolute Gasteiger partial charge is 0.161 e. The maximum absolute atomic E-state index is 13.6. The van der Waals surface area contributed by atoms with Crippen LogP contribution in [-0.2, 0) is 9.59 Å². The normalized spacial score (nSPS) is 21.6. The summed E-state index contributed by atoms with van der Waals surface area (Å²) in [5.41, 5.74) is 20.0. The number of hydrogen-bond donors (Lipinski definition) is 2. The van der Waals surface area contributed by atoms with Crippen molar-refractivity contribution in [2.24, 2.45) is 11.5 Å². The Morgan fingerprint density at radius 1 is 0.565 bits per heavy atom. The fraction of sp³-hybridized carbons (Fsp3) is 0.211. The second kappa shape index (κ2) is 11.6. The molecule has 3 aromatic carbocycles. The number of carbonyl (C=O) groups is 2. The molecule has 2 aliphatic heterocycles. The van der Waals surface area contributed by atoms with Gasteiger partial charge in [-0.05, 0) is 61.1 Å². The maximum Gasteiger partial charge on any atom is 0.161 e. The molecular weight excluding hydrogens is 572 g/mol. The Morgan fingerprint density at radius 3 is 1.28 bits per heavy atom. The van der Waals surface area contributed by atoms with Crippen LogP contribution >= 0.6 is 0 Å². The van der Waals surface area contributed by atoms with Crippen molar-refractivity contribution in [2.75, 3.05) is 9.80 Å². The quantitative estimate of drug-likeness (QED) is 0.354. The molecule has 4 aliphatic rings. The van der Waals surface area contributed by atoms with E-state index in [9.17, 15) is 20.1 Å². The van der Waals surface area contributed by atoms with Crippen molar-refractivity contribution in [1.29, 1.82) is 10.5 Å². The van der Waals surface area contributed by atoms with E-state index in [1.165, 1.54) is 0 Å². The SMILES string of the molecule is N#CC1=C(N)N(c2ccccc2)C2=C(C(=O)CCC2)C1c1ccc(C2C(C#N)=C(N)N(c3ccccc3)C3=C2C(=O)CCC3)cc1. The number of carbonyl (C=O) groups excluding carboxylic acids is 2. The molecule has 7 rings (SSSR count). The molecule has 0 aromatic heterocycles. The molecule has 0 amide bonds. The van der Waals surface area contributed by atoms with E-state index in [0.717, 1.165) is 33.9 Å². The lowest BCUT2D eigenvalue weighted by molar-refractivity contribution is -0.117. The van der Waals surface area contributed by atoms with Gasteiger partial charge >= 0.3 is 0 Å². The fourth-order valence-electron chi connectivity index (χ4n) is 7.46. The first kappa shape index (κ1) is 28.9. The third-order valence-corrected chi connectivity index (χ3v) is 9.46. The molecule has 0 saturated heterocycles. The van der Waals surface area contributed by atoms with Gasteiger partial charge in [0.2, 0.25) is 0 Å². The van der Waals surface area contributed by atoms with Crippen LogP contribution in [0.4, 0.5) is 11.4 Å². The Bertz CT molecular complexity index is 1830. The molecule has 2 heterocycles. The third kappa shape index (κ3) is 4.50. The lowest BCUT2D eigenvalue weighted by Crippen LogP contribution is -2.39. The van der Waals surface area contributed by atoms with Gasteiger partial charge in [0.15, 0.2) is 11.6 Å². The highest BCUT2D eigenvalue weighted by molar-refractivity contribution is 6.02. The molecule has 2 unspecified atom stereocenters. The second-order valence-corrected chi connectivity index (χ2v) is 12.0. The highest BCUT2D eigenvalue weighted by Gasteiger charge is 2.42. The average molecular weight is 605 g/mol. The van der Waals surface area contributed by atoms with E-state index in [0.29, 0.717) is 72.5 Å². The van der Waals surface area contributed by atoms with Gasteiger partial charge in [0.05, 0.1) is 35.1 Å². The van der Waals surface area contributed by atoms with Gasteiger partial charge in [0, 0.05) is 46.8 Å². The summed E-state index contributed by atoms with van der Waals surface area (Å²) in [6.45, 7) is 0. The maximum atomic E-state index is 13.6. The van der Waals surface area contributed by atoms with Crippen LogP contribution < -0.4 is 21.3 Å². The Hall–Kier alpha value is -5.86. The molecule has 4 N–H and O–H groups in total. The van der Waals surface area contributed by atoms with Crippen molar-refractivity contribution < 1.29 is 9.59 Å². The molecule has 2 aliphatic carbocycles. The van der Waals surface area contributed by atoms with E-state index in [-0.39, 0.29) is 11.6 Å². The minimum atomic E-state index is -0.621. The molecule has 8 nitrogen and oxygen atoms in total. The van der Waals surface area contributed by atoms with E-state index in [1.807, 2.05) is 94.7 Å². The first-order valence-electron chi connectivity index (χ1n) is 15.6. The minimum absolute atomic E-state index is 0.00913. The molecule has 8 heteroatoms. The van der Waals surface area contributed by atoms with Crippen LogP contribution in [0, 0.1) is 22.7 Å². The topological polar surface area (TPSA) is 140 Å². The van der Waals surface area contributed by atoms with Gasteiger partial charge in [0.25, 0.3) is 0 Å². The zero-order valence-electron chi connectivity index (χ0n) is 25.2. The summed E-state index contributed by atoms with van der Waals surface area (Å²) < 4.78 is 0. The van der Waals surface area contributed by atoms with Gasteiger partial charge in [-0.1, -0.05) is 60.7 Å². The Morgan fingerprint density at radius 2 is 0.935 bits per heavy atom. The third-order valence-electron chi connectivity index (χ3n) is 9.46. The Balaban J connectivity index is 1.34. The molecule has 0 bridgehead atoms. The summed E-state index contributed by atoms with van der Waals surface area (Å²) in [5.74, 6) is -0.596. The zero-order valence-corrected chi connectivity index (χ0v) is 25.2. The number of hydrogen-bond acceptors (Lipinski definition) is 8. The summed E-state index contributed by atoms with van der Waals surface area (Å²) in [7, 11) is 0. The second-order valence-electron chi connectivity index (χ2n) is 12.0. The highest BCUT2D eigenvalue weighted by Crippen LogP contribution is 2.49. The molecule has 0 fully saturated rings. The van der Waals surface area contributed by atoms with Crippen LogP contribution in [0.5, 0.6) is 0 Å². The number of anilines is 2. The van der Waals surface area contributed by atoms with Gasteiger partial charge in [-0.25, -0.2) is 0 Å². The number of nitriles is 2. The molecular formula is C38H32N6O2. The van der Waals surface area contributed by atoms with E-state index in [2.05, 4.69) is 12.1 Å². The lowest BCUT2D eigenvalue weighted by Gasteiger charge is -2.40. The van der Waals surface area contributed by atoms with Crippen molar-refractivity contribution in [2.45, 2.75) is 50.4 Å². The molecule has 46 heavy (non-hydrogen) atoms. The number of para-hydroxylation sites is 2. The predicted octanol–water partition coefficient (Wildman–Crippen LogP) is 6.30. The van der Waals surface area contributed by atoms with Crippen LogP contribution in [0.1, 0.15) is 61.5 Å². The summed E-state index contributed by atoms with van der Waals surface area (Å²) in [5, 5.41) is 20.8. The molecule has 2 atom stereocenters. The largest absolute Gasteiger partial charge is 0.384 e. The Kier molecular flexibility index (Phi) is 7.27. The number of rotatable bonds is 4. The molecule has 3 aromatic rings. The fourth-order valence-corrected chi connectivity index (χ4v) is 7.46. The van der Waals surface area contributed by atoms with E-state index >= 15 is 0 Å². The van der Waals surface area contributed by atoms with E-state index in [1.54, 1.807) is 0 Å². The lowest BCUT2D eigenvalue weighted by atomic mass is 9.73. The number of allylic oxidation sites excluding steroid dienone is 6. The first-order valence-corrected chi connectivity index (χ1v) is 15.6. The molecule has 226 valence electrons. The van der Waals surface area contributed by atoms with Crippen molar-refractivity contribution >= 4 is 22.9 Å². The minimum Gasteiger partial charge on any atom is -0.384 e. The van der Waals surface area contributed by atoms with Crippen molar-refractivity contribution in [3.63, 3.8) is 0 Å². The van der Waals surface area contributed by atoms with E-state index in [4.69, 9.17) is 11.5 Å². The van der Waals surface area contributed by atoms with Crippen LogP contribution in [0.25, 0.3) is 0 Å². The molecule has 0 radical (unpaired) electrons. The number of benzene rings is 3. The number of ketones is 2. The molecule has 0 spiro atoms. The molecule has 0 saturated carbocycles. The van der Waals surface area contributed by atoms with Gasteiger partial charge < -0.3 is 11.5 Å². The van der Waals surface area contributed by atoms with Crippen LogP contribution in [0.3, 0.4) is 0 Å². The van der Waals surface area contributed by atoms with E-state index < -0.39 is 11.8 Å². The van der Waals surface area contributed by atoms with Crippen molar-refractivity contribution in [3.05, 3.63) is 141 Å². The van der Waals surface area contributed by atoms with Crippen LogP contribution in [-0.4, -0.2) is 11.6 Å². The highest BCUT2D eigenvalue weighted by atomic mass is 16.1. The zero-order chi connectivity index (χ0) is 31.9. The van der Waals surface area contributed by atoms with Crippen LogP contribution in [0.15, 0.2) is 130 Å². The van der Waals surface area contributed by atoms with Gasteiger partial charge in [-0.15, -0.1) is 0 Å². The van der Waals surface area contributed by atoms with Crippen molar-refractivity contribution in [3.8, 4) is 12.1 Å². The van der Waals surface area contributed by atoms with Crippen LogP contribution in [0.2, 0.25) is 0 Å². The summed E-state index contributed by atoms with van der Waals surface area (Å²) in [6.07, 6.45) is 3.56. The average Bonchev–Trinajstić information content (AvgIpc) is 3.08. The predicted molar refractivity (Wildman–Crippen MR) is 175 cm³/mol. The standard InChI is InChI=1S/C38H32N6O2/c39-21-27-33(35-29(13-7-15-31(35)45)43(37(27)41)25-9-3-1-4-10-25)23-17-19-24(20-18-23)34-28(22-40)38(42)44(26-11-5-2-6-12-26)30-14-8-16-32(46)36(30)34/h1-6,9-12,17-20,33-34H,7-8,13-16,41-42H2. The van der Waals surface area contributed by atoms with Crippen molar-refractivity contribution in [1.82, 2.24) is 0 Å². The van der Waals surface area contributed by atoms with Gasteiger partial charge in [0.1, 0.15) is 11.6 Å². The summed E-state index contributed by atoms with van der Waals surface area (Å²) in [6, 6.07) is 31.3. The first-order chi connectivity index (χ1) is 22.4. The van der Waals surface area contributed by atoms with Gasteiger partial charge in [-0.3, -0.25) is 19.4 Å². The Labute approximate surface area is 267 Å². The number of Topliss-reactive ketones (excluding diaryl/α,β-unsaturated/α-hetero) is 2. The van der Waals surface area contributed by atoms with Gasteiger partial charge in [-0.2, -0.15) is 10.5 Å². The number of nitrogens with zero attached hydrogens (tertiary/aromatic N) is 4. The summed E-state index contributed by atoms with van der Waals surface area (Å²) >= 11 is 0.